The summed E-state index contributed by atoms with van der Waals surface area (Å²) in [5, 5.41) is 0. The van der Waals surface area contributed by atoms with Crippen LogP contribution in [0.25, 0.3) is 0 Å². The largest absolute Gasteiger partial charge is 0.472 e. The SMILES string of the molecule is CC/C=C\C/C=C\C/C=C\C/C=C\C/C=C\C/C=C\CCCCC(=O)OC(COC(=O)CCCCCCCCCC)COP(=O)(O)OCC[N+](C)(C)C. The molecule has 9 nitrogen and oxygen atoms in total. The fourth-order valence-electron chi connectivity index (χ4n) is 4.84. The lowest BCUT2D eigenvalue weighted by Gasteiger charge is -2.24. The van der Waals surface area contributed by atoms with Gasteiger partial charge in [-0.3, -0.25) is 18.6 Å². The molecular weight excluding hydrogens is 689 g/mol. The van der Waals surface area contributed by atoms with E-state index in [1.807, 2.05) is 21.1 Å². The van der Waals surface area contributed by atoms with Gasteiger partial charge in [-0.2, -0.15) is 0 Å². The molecule has 304 valence electrons. The summed E-state index contributed by atoms with van der Waals surface area (Å²) in [6.07, 6.45) is 42.5. The number of quaternary nitrogens is 1. The first-order valence-corrected chi connectivity index (χ1v) is 21.7. The highest BCUT2D eigenvalue weighted by Crippen LogP contribution is 2.43. The lowest BCUT2D eigenvalue weighted by Crippen LogP contribution is -2.37. The van der Waals surface area contributed by atoms with E-state index in [9.17, 15) is 19.0 Å². The van der Waals surface area contributed by atoms with Gasteiger partial charge in [-0.25, -0.2) is 4.57 Å². The molecule has 0 aliphatic rings. The number of carbonyl (C=O) groups excluding carboxylic acids is 2. The number of nitrogens with zero attached hydrogens (tertiary/aromatic N) is 1. The molecule has 0 saturated carbocycles. The van der Waals surface area contributed by atoms with Gasteiger partial charge in [0.05, 0.1) is 27.7 Å². The van der Waals surface area contributed by atoms with Crippen molar-refractivity contribution in [1.29, 1.82) is 0 Å². The number of ether oxygens (including phenoxy) is 2. The first-order chi connectivity index (χ1) is 25.5. The standard InChI is InChI=1S/C43H74NO8P/c1-6-8-10-12-14-16-17-18-19-20-21-22-23-24-25-26-27-28-30-32-34-36-43(46)52-41(40-51-53(47,48)50-38-37-44(3,4)5)39-49-42(45)35-33-31-29-15-13-11-9-7-2/h8,10,14,16,18-19,21-22,24-25,27-28,41H,6-7,9,11-13,15,17,20,23,26,29-40H2,1-5H3/p+1/b10-8-,16-14-,19-18-,22-21-,25-24-,28-27-. The van der Waals surface area contributed by atoms with Crippen molar-refractivity contribution in [2.24, 2.45) is 0 Å². The van der Waals surface area contributed by atoms with E-state index in [0.717, 1.165) is 70.6 Å². The average Bonchev–Trinajstić information content (AvgIpc) is 3.10. The fraction of sp³-hybridized carbons (Fsp3) is 0.674. The molecule has 0 fully saturated rings. The van der Waals surface area contributed by atoms with Gasteiger partial charge in [-0.15, -0.1) is 0 Å². The molecule has 0 aliphatic heterocycles. The van der Waals surface area contributed by atoms with Crippen molar-refractivity contribution in [3.63, 3.8) is 0 Å². The van der Waals surface area contributed by atoms with E-state index >= 15 is 0 Å². The predicted octanol–water partition coefficient (Wildman–Crippen LogP) is 11.1. The van der Waals surface area contributed by atoms with Gasteiger partial charge in [-0.05, 0) is 64.2 Å². The Kier molecular flexibility index (Phi) is 33.5. The summed E-state index contributed by atoms with van der Waals surface area (Å²) in [6, 6.07) is 0. The Labute approximate surface area is 323 Å². The maximum atomic E-state index is 12.6. The average molecular weight is 765 g/mol. The number of phosphoric acid groups is 1. The number of rotatable bonds is 35. The zero-order valence-electron chi connectivity index (χ0n) is 34.0. The molecule has 0 aromatic heterocycles. The van der Waals surface area contributed by atoms with Crippen LogP contribution in [-0.2, 0) is 32.7 Å². The molecule has 0 heterocycles. The van der Waals surface area contributed by atoms with Crippen molar-refractivity contribution in [3.8, 4) is 0 Å². The number of allylic oxidation sites excluding steroid dienone is 12. The third-order valence-electron chi connectivity index (χ3n) is 8.00. The van der Waals surface area contributed by atoms with Crippen molar-refractivity contribution in [2.75, 3.05) is 47.5 Å². The van der Waals surface area contributed by atoms with Gasteiger partial charge >= 0.3 is 19.8 Å². The van der Waals surface area contributed by atoms with Gasteiger partial charge in [0, 0.05) is 12.8 Å². The van der Waals surface area contributed by atoms with Crippen LogP contribution in [0.15, 0.2) is 72.9 Å². The van der Waals surface area contributed by atoms with E-state index in [2.05, 4.69) is 86.8 Å². The molecule has 10 heteroatoms. The van der Waals surface area contributed by atoms with Gasteiger partial charge < -0.3 is 18.9 Å². The van der Waals surface area contributed by atoms with Crippen LogP contribution in [-0.4, -0.2) is 74.9 Å². The number of hydrogen-bond donors (Lipinski definition) is 1. The Balaban J connectivity index is 4.45. The minimum Gasteiger partial charge on any atom is -0.462 e. The van der Waals surface area contributed by atoms with Gasteiger partial charge in [0.1, 0.15) is 19.8 Å². The Morgan fingerprint density at radius 3 is 1.60 bits per heavy atom. The van der Waals surface area contributed by atoms with Crippen LogP contribution in [0.5, 0.6) is 0 Å². The monoisotopic (exact) mass is 765 g/mol. The number of likely N-dealkylation sites (N-methyl/N-ethyl adjacent to an activating group) is 1. The van der Waals surface area contributed by atoms with Crippen molar-refractivity contribution in [2.45, 2.75) is 142 Å². The highest BCUT2D eigenvalue weighted by molar-refractivity contribution is 7.47. The number of esters is 2. The Bertz CT molecular complexity index is 1140. The molecule has 0 bridgehead atoms. The van der Waals surface area contributed by atoms with Gasteiger partial charge in [0.2, 0.25) is 0 Å². The molecule has 0 spiro atoms. The molecule has 0 saturated heterocycles. The minimum absolute atomic E-state index is 0.0199. The van der Waals surface area contributed by atoms with Crippen LogP contribution < -0.4 is 0 Å². The highest BCUT2D eigenvalue weighted by Gasteiger charge is 2.27. The quantitative estimate of drug-likeness (QED) is 0.0223. The van der Waals surface area contributed by atoms with Crippen molar-refractivity contribution >= 4 is 19.8 Å². The molecule has 0 radical (unpaired) electrons. The lowest BCUT2D eigenvalue weighted by molar-refractivity contribution is -0.870. The Morgan fingerprint density at radius 1 is 0.604 bits per heavy atom. The van der Waals surface area contributed by atoms with E-state index in [1.165, 1.54) is 32.1 Å². The first-order valence-electron chi connectivity index (χ1n) is 20.2. The van der Waals surface area contributed by atoms with Crippen molar-refractivity contribution < 1.29 is 42.1 Å². The molecule has 0 amide bonds. The second kappa shape index (κ2) is 35.2. The topological polar surface area (TPSA) is 108 Å². The van der Waals surface area contributed by atoms with E-state index in [4.69, 9.17) is 18.5 Å². The van der Waals surface area contributed by atoms with E-state index in [0.29, 0.717) is 17.4 Å². The Morgan fingerprint density at radius 2 is 1.08 bits per heavy atom. The maximum absolute atomic E-state index is 12.6. The normalized spacial score (nSPS) is 14.5. The summed E-state index contributed by atoms with van der Waals surface area (Å²) in [5.74, 6) is -0.862. The molecule has 2 unspecified atom stereocenters. The van der Waals surface area contributed by atoms with Crippen molar-refractivity contribution in [3.05, 3.63) is 72.9 Å². The number of phosphoric ester groups is 1. The third-order valence-corrected chi connectivity index (χ3v) is 8.99. The number of carbonyl (C=O) groups is 2. The number of unbranched alkanes of at least 4 members (excludes halogenated alkanes) is 9. The third kappa shape index (κ3) is 39.0. The van der Waals surface area contributed by atoms with Crippen LogP contribution in [0.4, 0.5) is 0 Å². The molecule has 0 aromatic carbocycles. The van der Waals surface area contributed by atoms with Crippen molar-refractivity contribution in [1.82, 2.24) is 0 Å². The van der Waals surface area contributed by atoms with Crippen LogP contribution in [0.3, 0.4) is 0 Å². The fourth-order valence-corrected chi connectivity index (χ4v) is 5.58. The smallest absolute Gasteiger partial charge is 0.462 e. The molecule has 0 aliphatic carbocycles. The summed E-state index contributed by atoms with van der Waals surface area (Å²) in [5.41, 5.74) is 0. The minimum atomic E-state index is -4.38. The summed E-state index contributed by atoms with van der Waals surface area (Å²) < 4.78 is 34.1. The summed E-state index contributed by atoms with van der Waals surface area (Å²) in [7, 11) is 1.43. The molecular formula is C43H75NO8P+. The summed E-state index contributed by atoms with van der Waals surface area (Å²) >= 11 is 0. The molecule has 2 atom stereocenters. The molecule has 0 rings (SSSR count). The maximum Gasteiger partial charge on any atom is 0.472 e. The predicted molar refractivity (Wildman–Crippen MR) is 219 cm³/mol. The zero-order valence-corrected chi connectivity index (χ0v) is 34.9. The summed E-state index contributed by atoms with van der Waals surface area (Å²) in [4.78, 5) is 35.1. The lowest BCUT2D eigenvalue weighted by atomic mass is 10.1. The van der Waals surface area contributed by atoms with Gasteiger partial charge in [0.15, 0.2) is 6.10 Å². The van der Waals surface area contributed by atoms with E-state index in [-0.39, 0.29) is 32.0 Å². The molecule has 1 N–H and O–H groups in total. The van der Waals surface area contributed by atoms with Crippen LogP contribution in [0.1, 0.15) is 136 Å². The summed E-state index contributed by atoms with van der Waals surface area (Å²) in [6.45, 7) is 4.19. The second-order valence-corrected chi connectivity index (χ2v) is 15.7. The second-order valence-electron chi connectivity index (χ2n) is 14.3. The van der Waals surface area contributed by atoms with Crippen LogP contribution in [0.2, 0.25) is 0 Å². The first kappa shape index (κ1) is 50.5. The van der Waals surface area contributed by atoms with Crippen LogP contribution >= 0.6 is 7.82 Å². The molecule has 53 heavy (non-hydrogen) atoms. The number of hydrogen-bond acceptors (Lipinski definition) is 7. The Hall–Kier alpha value is -2.55. The zero-order chi connectivity index (χ0) is 39.3. The van der Waals surface area contributed by atoms with Gasteiger partial charge in [0.25, 0.3) is 0 Å². The van der Waals surface area contributed by atoms with E-state index < -0.39 is 26.5 Å². The van der Waals surface area contributed by atoms with E-state index in [1.54, 1.807) is 0 Å². The van der Waals surface area contributed by atoms with Crippen LogP contribution in [0, 0.1) is 0 Å². The van der Waals surface area contributed by atoms with Gasteiger partial charge in [-0.1, -0.05) is 132 Å². The highest BCUT2D eigenvalue weighted by atomic mass is 31.2. The molecule has 0 aromatic rings.